The van der Waals surface area contributed by atoms with Crippen molar-refractivity contribution in [3.63, 3.8) is 0 Å². The quantitative estimate of drug-likeness (QED) is 0.660. The summed E-state index contributed by atoms with van der Waals surface area (Å²) >= 11 is 0. The molecule has 2 nitrogen and oxygen atoms in total. The second kappa shape index (κ2) is 7.60. The molecule has 0 heterocycles. The third-order valence-corrected chi connectivity index (χ3v) is 4.02. The molecule has 0 unspecified atom stereocenters. The van der Waals surface area contributed by atoms with Crippen LogP contribution < -0.4 is 0 Å². The zero-order valence-electron chi connectivity index (χ0n) is 13.9. The summed E-state index contributed by atoms with van der Waals surface area (Å²) in [6.07, 6.45) is 0. The SMILES string of the molecule is Cc1ccc(CN(Cc2ccccc2)C(=O)c2ccccc2)cc1. The molecule has 0 fully saturated rings. The maximum absolute atomic E-state index is 12.9. The molecule has 0 aliphatic rings. The van der Waals surface area contributed by atoms with Crippen molar-refractivity contribution in [2.24, 2.45) is 0 Å². The number of benzene rings is 3. The van der Waals surface area contributed by atoms with Crippen LogP contribution in [0.4, 0.5) is 0 Å². The highest BCUT2D eigenvalue weighted by Gasteiger charge is 2.16. The van der Waals surface area contributed by atoms with Gasteiger partial charge in [-0.05, 0) is 30.2 Å². The molecule has 2 heteroatoms. The van der Waals surface area contributed by atoms with Crippen molar-refractivity contribution >= 4 is 5.91 Å². The fourth-order valence-electron chi connectivity index (χ4n) is 2.68. The Hall–Kier alpha value is -2.87. The van der Waals surface area contributed by atoms with E-state index in [9.17, 15) is 4.79 Å². The molecule has 0 saturated carbocycles. The molecule has 24 heavy (non-hydrogen) atoms. The summed E-state index contributed by atoms with van der Waals surface area (Å²) in [5.74, 6) is 0.0556. The highest BCUT2D eigenvalue weighted by atomic mass is 16.2. The van der Waals surface area contributed by atoms with Gasteiger partial charge in [0.15, 0.2) is 0 Å². The summed E-state index contributed by atoms with van der Waals surface area (Å²) in [7, 11) is 0. The maximum atomic E-state index is 12.9. The second-order valence-corrected chi connectivity index (χ2v) is 6.00. The van der Waals surface area contributed by atoms with E-state index in [4.69, 9.17) is 0 Å². The molecule has 3 rings (SSSR count). The van der Waals surface area contributed by atoms with Gasteiger partial charge in [-0.2, -0.15) is 0 Å². The molecular weight excluding hydrogens is 294 g/mol. The van der Waals surface area contributed by atoms with Gasteiger partial charge in [-0.25, -0.2) is 0 Å². The van der Waals surface area contributed by atoms with Crippen LogP contribution in [0.25, 0.3) is 0 Å². The lowest BCUT2D eigenvalue weighted by Gasteiger charge is -2.23. The average Bonchev–Trinajstić information content (AvgIpc) is 2.64. The monoisotopic (exact) mass is 315 g/mol. The van der Waals surface area contributed by atoms with E-state index >= 15 is 0 Å². The smallest absolute Gasteiger partial charge is 0.254 e. The van der Waals surface area contributed by atoms with Crippen LogP contribution in [0.2, 0.25) is 0 Å². The van der Waals surface area contributed by atoms with Crippen molar-refractivity contribution in [2.75, 3.05) is 0 Å². The molecule has 0 aliphatic heterocycles. The molecule has 0 N–H and O–H groups in total. The largest absolute Gasteiger partial charge is 0.330 e. The van der Waals surface area contributed by atoms with Crippen LogP contribution in [0.1, 0.15) is 27.0 Å². The molecule has 0 bridgehead atoms. The zero-order valence-corrected chi connectivity index (χ0v) is 13.9. The second-order valence-electron chi connectivity index (χ2n) is 6.00. The normalized spacial score (nSPS) is 10.4. The molecule has 0 saturated heterocycles. The summed E-state index contributed by atoms with van der Waals surface area (Å²) in [4.78, 5) is 14.8. The van der Waals surface area contributed by atoms with Crippen LogP contribution in [-0.4, -0.2) is 10.8 Å². The molecule has 0 aromatic heterocycles. The number of hydrogen-bond acceptors (Lipinski definition) is 1. The van der Waals surface area contributed by atoms with Gasteiger partial charge in [0.2, 0.25) is 0 Å². The average molecular weight is 315 g/mol. The molecule has 0 aliphatic carbocycles. The Bertz CT molecular complexity index is 779. The van der Waals surface area contributed by atoms with Gasteiger partial charge in [-0.3, -0.25) is 4.79 Å². The van der Waals surface area contributed by atoms with Crippen LogP contribution in [0.3, 0.4) is 0 Å². The van der Waals surface area contributed by atoms with E-state index in [1.165, 1.54) is 5.56 Å². The fraction of sp³-hybridized carbons (Fsp3) is 0.136. The Morgan fingerprint density at radius 3 is 1.79 bits per heavy atom. The predicted molar refractivity (Wildman–Crippen MR) is 97.6 cm³/mol. The first-order valence-electron chi connectivity index (χ1n) is 8.16. The van der Waals surface area contributed by atoms with Gasteiger partial charge >= 0.3 is 0 Å². The first-order chi connectivity index (χ1) is 11.7. The summed E-state index contributed by atoms with van der Waals surface area (Å²) in [6, 6.07) is 27.9. The molecule has 1 amide bonds. The predicted octanol–water partition coefficient (Wildman–Crippen LogP) is 4.84. The first-order valence-corrected chi connectivity index (χ1v) is 8.16. The minimum absolute atomic E-state index is 0.0556. The Kier molecular flexibility index (Phi) is 5.07. The van der Waals surface area contributed by atoms with Crippen molar-refractivity contribution in [3.8, 4) is 0 Å². The van der Waals surface area contributed by atoms with Crippen LogP contribution in [0, 0.1) is 6.92 Å². The van der Waals surface area contributed by atoms with E-state index < -0.39 is 0 Å². The maximum Gasteiger partial charge on any atom is 0.254 e. The van der Waals surface area contributed by atoms with Gasteiger partial charge < -0.3 is 4.90 Å². The van der Waals surface area contributed by atoms with Crippen molar-refractivity contribution < 1.29 is 4.79 Å². The van der Waals surface area contributed by atoms with E-state index in [1.54, 1.807) is 0 Å². The highest BCUT2D eigenvalue weighted by Crippen LogP contribution is 2.15. The Morgan fingerprint density at radius 1 is 0.708 bits per heavy atom. The summed E-state index contributed by atoms with van der Waals surface area (Å²) in [5, 5.41) is 0. The van der Waals surface area contributed by atoms with Gasteiger partial charge in [0.05, 0.1) is 0 Å². The lowest BCUT2D eigenvalue weighted by atomic mass is 10.1. The van der Waals surface area contributed by atoms with Crippen LogP contribution >= 0.6 is 0 Å². The van der Waals surface area contributed by atoms with E-state index in [0.717, 1.165) is 16.7 Å². The van der Waals surface area contributed by atoms with Crippen molar-refractivity contribution in [1.82, 2.24) is 4.90 Å². The van der Waals surface area contributed by atoms with Crippen molar-refractivity contribution in [1.29, 1.82) is 0 Å². The number of aryl methyl sites for hydroxylation is 1. The van der Waals surface area contributed by atoms with E-state index in [2.05, 4.69) is 43.3 Å². The Balaban J connectivity index is 1.85. The number of carbonyl (C=O) groups excluding carboxylic acids is 1. The van der Waals surface area contributed by atoms with Crippen LogP contribution in [0.5, 0.6) is 0 Å². The molecular formula is C22H21NO. The summed E-state index contributed by atoms with van der Waals surface area (Å²) in [6.45, 7) is 3.27. The standard InChI is InChI=1S/C22H21NO/c1-18-12-14-20(15-13-18)17-23(16-19-8-4-2-5-9-19)22(24)21-10-6-3-7-11-21/h2-15H,16-17H2,1H3. The van der Waals surface area contributed by atoms with E-state index in [0.29, 0.717) is 13.1 Å². The van der Waals surface area contributed by atoms with Crippen molar-refractivity contribution in [2.45, 2.75) is 20.0 Å². The summed E-state index contributed by atoms with van der Waals surface area (Å²) in [5.41, 5.74) is 4.22. The number of hydrogen-bond donors (Lipinski definition) is 0. The minimum Gasteiger partial charge on any atom is -0.330 e. The number of carbonyl (C=O) groups is 1. The third kappa shape index (κ3) is 4.11. The first kappa shape index (κ1) is 16.0. The van der Waals surface area contributed by atoms with Gasteiger partial charge in [-0.15, -0.1) is 0 Å². The third-order valence-electron chi connectivity index (χ3n) is 4.02. The van der Waals surface area contributed by atoms with Gasteiger partial charge in [-0.1, -0.05) is 78.4 Å². The molecule has 120 valence electrons. The minimum atomic E-state index is 0.0556. The van der Waals surface area contributed by atoms with Crippen LogP contribution in [0.15, 0.2) is 84.9 Å². The van der Waals surface area contributed by atoms with E-state index in [-0.39, 0.29) is 5.91 Å². The number of amides is 1. The molecule has 3 aromatic rings. The lowest BCUT2D eigenvalue weighted by Crippen LogP contribution is -2.30. The fourth-order valence-corrected chi connectivity index (χ4v) is 2.68. The highest BCUT2D eigenvalue weighted by molar-refractivity contribution is 5.94. The Morgan fingerprint density at radius 2 is 1.21 bits per heavy atom. The van der Waals surface area contributed by atoms with E-state index in [1.807, 2.05) is 53.4 Å². The van der Waals surface area contributed by atoms with Gasteiger partial charge in [0, 0.05) is 18.7 Å². The summed E-state index contributed by atoms with van der Waals surface area (Å²) < 4.78 is 0. The molecule has 0 spiro atoms. The van der Waals surface area contributed by atoms with Gasteiger partial charge in [0.1, 0.15) is 0 Å². The lowest BCUT2D eigenvalue weighted by molar-refractivity contribution is 0.0730. The zero-order chi connectivity index (χ0) is 16.8. The van der Waals surface area contributed by atoms with Crippen molar-refractivity contribution in [3.05, 3.63) is 107 Å². The number of nitrogens with zero attached hydrogens (tertiary/aromatic N) is 1. The van der Waals surface area contributed by atoms with Crippen LogP contribution in [-0.2, 0) is 13.1 Å². The number of rotatable bonds is 5. The topological polar surface area (TPSA) is 20.3 Å². The van der Waals surface area contributed by atoms with Gasteiger partial charge in [0.25, 0.3) is 5.91 Å². The Labute approximate surface area is 143 Å². The molecule has 0 atom stereocenters. The molecule has 0 radical (unpaired) electrons. The molecule has 3 aromatic carbocycles.